The van der Waals surface area contributed by atoms with E-state index in [-0.39, 0.29) is 12.1 Å². The molecule has 1 aliphatic rings. The third-order valence-corrected chi connectivity index (χ3v) is 5.96. The summed E-state index contributed by atoms with van der Waals surface area (Å²) in [6.07, 6.45) is 3.15. The molecule has 156 valence electrons. The molecule has 2 aromatic rings. The summed E-state index contributed by atoms with van der Waals surface area (Å²) in [4.78, 5) is 21.2. The van der Waals surface area contributed by atoms with Gasteiger partial charge < -0.3 is 20.9 Å². The van der Waals surface area contributed by atoms with E-state index in [0.29, 0.717) is 6.54 Å². The number of carbonyl (C=O) groups excluding carboxylic acids is 1. The van der Waals surface area contributed by atoms with Crippen LogP contribution in [0.1, 0.15) is 35.1 Å². The van der Waals surface area contributed by atoms with Crippen LogP contribution in [0.25, 0.3) is 0 Å². The normalized spacial score (nSPS) is 15.3. The SMILES string of the molecule is CN=C(NCc1cccc(NC(=O)N2CCCC2)c1)NC(C)Cc1ccc(C)s1. The molecule has 1 unspecified atom stereocenters. The van der Waals surface area contributed by atoms with Crippen LogP contribution in [0.15, 0.2) is 41.4 Å². The van der Waals surface area contributed by atoms with Crippen LogP contribution in [-0.2, 0) is 13.0 Å². The molecule has 1 aromatic carbocycles. The summed E-state index contributed by atoms with van der Waals surface area (Å²) in [5.74, 6) is 0.775. The van der Waals surface area contributed by atoms with Crippen molar-refractivity contribution >= 4 is 29.0 Å². The molecule has 2 heterocycles. The number of amides is 2. The van der Waals surface area contributed by atoms with Crippen molar-refractivity contribution in [3.63, 3.8) is 0 Å². The number of hydrogen-bond donors (Lipinski definition) is 3. The van der Waals surface area contributed by atoms with Gasteiger partial charge in [-0.25, -0.2) is 4.79 Å². The quantitative estimate of drug-likeness (QED) is 0.496. The fraction of sp³-hybridized carbons (Fsp3) is 0.455. The first kappa shape index (κ1) is 21.2. The van der Waals surface area contributed by atoms with Crippen LogP contribution in [0.3, 0.4) is 0 Å². The molecule has 0 aliphatic carbocycles. The molecule has 0 saturated carbocycles. The van der Waals surface area contributed by atoms with Crippen LogP contribution in [0.5, 0.6) is 0 Å². The minimum absolute atomic E-state index is 0.0114. The highest BCUT2D eigenvalue weighted by atomic mass is 32.1. The van der Waals surface area contributed by atoms with E-state index in [0.717, 1.165) is 49.6 Å². The van der Waals surface area contributed by atoms with Gasteiger partial charge in [-0.1, -0.05) is 12.1 Å². The van der Waals surface area contributed by atoms with Crippen LogP contribution >= 0.6 is 11.3 Å². The second-order valence-corrected chi connectivity index (χ2v) is 8.88. The summed E-state index contributed by atoms with van der Waals surface area (Å²) in [5.41, 5.74) is 1.92. The van der Waals surface area contributed by atoms with Gasteiger partial charge in [0, 0.05) is 54.6 Å². The third-order valence-electron chi connectivity index (χ3n) is 4.94. The minimum Gasteiger partial charge on any atom is -0.354 e. The molecule has 2 amide bonds. The van der Waals surface area contributed by atoms with E-state index in [1.165, 1.54) is 9.75 Å². The molecule has 7 heteroatoms. The van der Waals surface area contributed by atoms with E-state index < -0.39 is 0 Å². The van der Waals surface area contributed by atoms with Crippen LogP contribution in [-0.4, -0.2) is 43.1 Å². The smallest absolute Gasteiger partial charge is 0.321 e. The highest BCUT2D eigenvalue weighted by molar-refractivity contribution is 7.11. The summed E-state index contributed by atoms with van der Waals surface area (Å²) in [6, 6.07) is 12.6. The Balaban J connectivity index is 1.49. The van der Waals surface area contributed by atoms with Gasteiger partial charge in [0.05, 0.1) is 0 Å². The lowest BCUT2D eigenvalue weighted by molar-refractivity contribution is 0.222. The van der Waals surface area contributed by atoms with E-state index in [1.54, 1.807) is 7.05 Å². The summed E-state index contributed by atoms with van der Waals surface area (Å²) in [5, 5.41) is 9.81. The Hall–Kier alpha value is -2.54. The fourth-order valence-corrected chi connectivity index (χ4v) is 4.46. The van der Waals surface area contributed by atoms with Gasteiger partial charge in [0.1, 0.15) is 0 Å². The van der Waals surface area contributed by atoms with Crippen LogP contribution in [0.2, 0.25) is 0 Å². The number of likely N-dealkylation sites (tertiary alicyclic amines) is 1. The van der Waals surface area contributed by atoms with Crippen molar-refractivity contribution < 1.29 is 4.79 Å². The maximum Gasteiger partial charge on any atom is 0.321 e. The van der Waals surface area contributed by atoms with Crippen molar-refractivity contribution in [2.75, 3.05) is 25.5 Å². The Morgan fingerprint density at radius 1 is 1.24 bits per heavy atom. The van der Waals surface area contributed by atoms with Gasteiger partial charge in [-0.3, -0.25) is 4.99 Å². The molecule has 0 spiro atoms. The minimum atomic E-state index is -0.0114. The second-order valence-electron chi connectivity index (χ2n) is 7.51. The predicted molar refractivity (Wildman–Crippen MR) is 122 cm³/mol. The first-order valence-electron chi connectivity index (χ1n) is 10.2. The number of hydrogen-bond acceptors (Lipinski definition) is 3. The van der Waals surface area contributed by atoms with E-state index in [4.69, 9.17) is 0 Å². The first-order valence-corrected chi connectivity index (χ1v) is 11.0. The highest BCUT2D eigenvalue weighted by Gasteiger charge is 2.17. The van der Waals surface area contributed by atoms with Crippen LogP contribution in [0.4, 0.5) is 10.5 Å². The topological polar surface area (TPSA) is 68.8 Å². The molecule has 0 bridgehead atoms. The van der Waals surface area contributed by atoms with E-state index >= 15 is 0 Å². The zero-order valence-corrected chi connectivity index (χ0v) is 18.3. The molecule has 1 aromatic heterocycles. The molecule has 1 atom stereocenters. The standard InChI is InChI=1S/C22H31N5OS/c1-16(13-20-10-9-17(2)29-20)25-21(23-3)24-15-18-7-6-8-19(14-18)26-22(28)27-11-4-5-12-27/h6-10,14,16H,4-5,11-13,15H2,1-3H3,(H,26,28)(H2,23,24,25). The van der Waals surface area contributed by atoms with Gasteiger partial charge in [-0.2, -0.15) is 0 Å². The molecule has 0 radical (unpaired) electrons. The van der Waals surface area contributed by atoms with Gasteiger partial charge in [0.2, 0.25) is 0 Å². The number of carbonyl (C=O) groups is 1. The largest absolute Gasteiger partial charge is 0.354 e. The zero-order valence-electron chi connectivity index (χ0n) is 17.5. The molecular weight excluding hydrogens is 382 g/mol. The van der Waals surface area contributed by atoms with Crippen molar-refractivity contribution in [3.8, 4) is 0 Å². The fourth-order valence-electron chi connectivity index (χ4n) is 3.44. The highest BCUT2D eigenvalue weighted by Crippen LogP contribution is 2.17. The lowest BCUT2D eigenvalue weighted by atomic mass is 10.2. The maximum atomic E-state index is 12.3. The molecule has 1 fully saturated rings. The van der Waals surface area contributed by atoms with Gasteiger partial charge in [-0.15, -0.1) is 11.3 Å². The molecule has 3 rings (SSSR count). The molecule has 6 nitrogen and oxygen atoms in total. The van der Waals surface area contributed by atoms with Gasteiger partial charge in [-0.05, 0) is 56.5 Å². The second kappa shape index (κ2) is 10.3. The van der Waals surface area contributed by atoms with Gasteiger partial charge in [0.15, 0.2) is 5.96 Å². The summed E-state index contributed by atoms with van der Waals surface area (Å²) in [7, 11) is 1.78. The van der Waals surface area contributed by atoms with Crippen molar-refractivity contribution in [2.24, 2.45) is 4.99 Å². The number of urea groups is 1. The molecule has 29 heavy (non-hydrogen) atoms. The Labute approximate surface area is 177 Å². The first-order chi connectivity index (χ1) is 14.0. The molecular formula is C22H31N5OS. The Kier molecular flexibility index (Phi) is 7.52. The Bertz CT molecular complexity index is 841. The van der Waals surface area contributed by atoms with Gasteiger partial charge >= 0.3 is 6.03 Å². The summed E-state index contributed by atoms with van der Waals surface area (Å²) in [6.45, 7) is 6.62. The number of benzene rings is 1. The van der Waals surface area contributed by atoms with Crippen molar-refractivity contribution in [1.82, 2.24) is 15.5 Å². The number of aryl methyl sites for hydroxylation is 1. The van der Waals surface area contributed by atoms with E-state index in [1.807, 2.05) is 40.5 Å². The number of anilines is 1. The van der Waals surface area contributed by atoms with Crippen molar-refractivity contribution in [1.29, 1.82) is 0 Å². The van der Waals surface area contributed by atoms with Crippen LogP contribution < -0.4 is 16.0 Å². The average molecular weight is 414 g/mol. The number of guanidine groups is 1. The molecule has 1 aliphatic heterocycles. The van der Waals surface area contributed by atoms with Crippen LogP contribution in [0, 0.1) is 6.92 Å². The van der Waals surface area contributed by atoms with E-state index in [9.17, 15) is 4.79 Å². The van der Waals surface area contributed by atoms with Gasteiger partial charge in [0.25, 0.3) is 0 Å². The Morgan fingerprint density at radius 2 is 2.03 bits per heavy atom. The lowest BCUT2D eigenvalue weighted by Crippen LogP contribution is -2.42. The summed E-state index contributed by atoms with van der Waals surface area (Å²) < 4.78 is 0. The number of nitrogens with zero attached hydrogens (tertiary/aromatic N) is 2. The number of aliphatic imine (C=N–C) groups is 1. The predicted octanol–water partition coefficient (Wildman–Crippen LogP) is 3.98. The maximum absolute atomic E-state index is 12.3. The molecule has 3 N–H and O–H groups in total. The number of rotatable bonds is 6. The summed E-state index contributed by atoms with van der Waals surface area (Å²) >= 11 is 1.84. The molecule has 1 saturated heterocycles. The van der Waals surface area contributed by atoms with E-state index in [2.05, 4.69) is 46.9 Å². The average Bonchev–Trinajstić information content (AvgIpc) is 3.37. The monoisotopic (exact) mass is 413 g/mol. The van der Waals surface area contributed by atoms with Crippen molar-refractivity contribution in [3.05, 3.63) is 51.7 Å². The zero-order chi connectivity index (χ0) is 20.6. The number of nitrogens with one attached hydrogen (secondary N) is 3. The lowest BCUT2D eigenvalue weighted by Gasteiger charge is -2.18. The third kappa shape index (κ3) is 6.49. The van der Waals surface area contributed by atoms with Crippen molar-refractivity contribution in [2.45, 2.75) is 45.7 Å². The number of thiophene rings is 1. The Morgan fingerprint density at radius 3 is 2.72 bits per heavy atom.